The number of halogens is 5. The fraction of sp³-hybridized carbons (Fsp3) is 0.269. The summed E-state index contributed by atoms with van der Waals surface area (Å²) in [6.07, 6.45) is -5.71. The Kier molecular flexibility index (Phi) is 7.37. The second-order valence-corrected chi connectivity index (χ2v) is 12.2. The average molecular weight is 588 g/mol. The highest BCUT2D eigenvalue weighted by Gasteiger charge is 2.40. The molecule has 202 valence electrons. The van der Waals surface area contributed by atoms with Crippen LogP contribution in [0.3, 0.4) is 0 Å². The van der Waals surface area contributed by atoms with Crippen LogP contribution in [0.1, 0.15) is 25.8 Å². The third-order valence-corrected chi connectivity index (χ3v) is 8.61. The van der Waals surface area contributed by atoms with Crippen LogP contribution in [0.2, 0.25) is 10.0 Å². The number of anilines is 1. The summed E-state index contributed by atoms with van der Waals surface area (Å²) in [5.41, 5.74) is -1.44. The lowest BCUT2D eigenvalue weighted by atomic mass is 9.86. The van der Waals surface area contributed by atoms with Gasteiger partial charge in [0, 0.05) is 22.0 Å². The first kappa shape index (κ1) is 28.1. The fourth-order valence-electron chi connectivity index (χ4n) is 4.19. The number of benzene rings is 3. The molecule has 0 bridgehead atoms. The van der Waals surface area contributed by atoms with Crippen LogP contribution in [0, 0.1) is 5.41 Å². The van der Waals surface area contributed by atoms with Crippen LogP contribution < -0.4 is 9.04 Å². The third-order valence-electron chi connectivity index (χ3n) is 6.21. The maximum atomic E-state index is 13.8. The lowest BCUT2D eigenvalue weighted by molar-refractivity contribution is -0.148. The molecule has 0 aliphatic carbocycles. The molecule has 4 rings (SSSR count). The number of fused-ring (bicyclic) bond motifs is 1. The van der Waals surface area contributed by atoms with Crippen molar-refractivity contribution in [3.05, 3.63) is 76.3 Å². The Morgan fingerprint density at radius 2 is 1.68 bits per heavy atom. The van der Waals surface area contributed by atoms with Crippen LogP contribution in [0.4, 0.5) is 18.9 Å². The number of carbonyl (C=O) groups is 1. The quantitative estimate of drug-likeness (QED) is 0.331. The number of rotatable bonds is 6. The van der Waals surface area contributed by atoms with E-state index in [1.54, 1.807) is 24.3 Å². The van der Waals surface area contributed by atoms with Crippen LogP contribution in [0.5, 0.6) is 5.75 Å². The van der Waals surface area contributed by atoms with Crippen molar-refractivity contribution in [2.75, 3.05) is 10.8 Å². The first-order chi connectivity index (χ1) is 17.6. The number of sulfonamides is 1. The van der Waals surface area contributed by atoms with E-state index in [-0.39, 0.29) is 24.4 Å². The summed E-state index contributed by atoms with van der Waals surface area (Å²) in [6.45, 7) is 2.62. The molecule has 0 saturated heterocycles. The Morgan fingerprint density at radius 1 is 1.05 bits per heavy atom. The lowest BCUT2D eigenvalue weighted by Gasteiger charge is -2.38. The van der Waals surface area contributed by atoms with E-state index in [1.165, 1.54) is 26.0 Å². The highest BCUT2D eigenvalue weighted by atomic mass is 35.5. The molecular weight excluding hydrogens is 566 g/mol. The molecule has 0 aromatic heterocycles. The number of carboxylic acids is 1. The normalized spacial score (nSPS) is 16.1. The Morgan fingerprint density at radius 3 is 2.29 bits per heavy atom. The van der Waals surface area contributed by atoms with E-state index in [1.807, 2.05) is 0 Å². The molecule has 3 aromatic rings. The Balaban J connectivity index is 1.87. The molecule has 0 saturated carbocycles. The molecule has 0 spiro atoms. The van der Waals surface area contributed by atoms with E-state index in [0.29, 0.717) is 27.2 Å². The van der Waals surface area contributed by atoms with E-state index in [2.05, 4.69) is 0 Å². The fourth-order valence-corrected chi connectivity index (χ4v) is 6.35. The van der Waals surface area contributed by atoms with Crippen LogP contribution in [0.25, 0.3) is 11.1 Å². The predicted octanol–water partition coefficient (Wildman–Crippen LogP) is 7.14. The smallest absolute Gasteiger partial charge is 0.416 e. The number of hydrogen-bond donors (Lipinski definition) is 1. The summed E-state index contributed by atoms with van der Waals surface area (Å²) in [6, 6.07) is 12.9. The molecular formula is C26H22Cl2F3NO5S. The Labute approximate surface area is 227 Å². The molecule has 0 unspecified atom stereocenters. The molecule has 3 aromatic carbocycles. The maximum Gasteiger partial charge on any atom is 0.416 e. The second kappa shape index (κ2) is 9.98. The van der Waals surface area contributed by atoms with Gasteiger partial charge in [-0.05, 0) is 61.9 Å². The van der Waals surface area contributed by atoms with Crippen molar-refractivity contribution in [3.63, 3.8) is 0 Å². The largest absolute Gasteiger partial charge is 0.486 e. The number of aliphatic carboxylic acids is 1. The lowest BCUT2D eigenvalue weighted by Crippen LogP contribution is -2.46. The molecule has 6 nitrogen and oxygen atoms in total. The SMILES string of the molecule is CC(C)(C[C@H]1CN(S(=O)(=O)c2cccc(C(F)(F)F)c2)c2cc(-c3c(Cl)cccc3Cl)ccc2O1)C(=O)O. The molecule has 1 heterocycles. The Hall–Kier alpha value is -2.95. The van der Waals surface area contributed by atoms with Gasteiger partial charge in [0.05, 0.1) is 28.1 Å². The first-order valence-electron chi connectivity index (χ1n) is 11.3. The van der Waals surface area contributed by atoms with Crippen molar-refractivity contribution in [1.82, 2.24) is 0 Å². The van der Waals surface area contributed by atoms with Crippen LogP contribution >= 0.6 is 23.2 Å². The minimum absolute atomic E-state index is 0.0558. The van der Waals surface area contributed by atoms with Crippen molar-refractivity contribution in [2.45, 2.75) is 37.4 Å². The molecule has 1 aliphatic heterocycles. The first-order valence-corrected chi connectivity index (χ1v) is 13.5. The van der Waals surface area contributed by atoms with Crippen molar-refractivity contribution >= 4 is 44.9 Å². The van der Waals surface area contributed by atoms with Gasteiger partial charge in [0.1, 0.15) is 11.9 Å². The molecule has 1 N–H and O–H groups in total. The molecule has 38 heavy (non-hydrogen) atoms. The number of alkyl halides is 3. The molecule has 1 atom stereocenters. The minimum Gasteiger partial charge on any atom is -0.486 e. The summed E-state index contributed by atoms with van der Waals surface area (Å²) in [4.78, 5) is 11.1. The summed E-state index contributed by atoms with van der Waals surface area (Å²) in [7, 11) is -4.55. The standard InChI is InChI=1S/C26H22Cl2F3NO5S/c1-25(2,24(33)34)13-17-14-32(38(35,36)18-6-3-5-16(12-18)26(29,30)31)21-11-15(9-10-22(21)37-17)23-19(27)7-4-8-20(23)28/h3-12,17H,13-14H2,1-2H3,(H,33,34)/t17-/m0/s1. The van der Waals surface area contributed by atoms with E-state index < -0.39 is 44.1 Å². The van der Waals surface area contributed by atoms with Gasteiger partial charge in [-0.15, -0.1) is 0 Å². The van der Waals surface area contributed by atoms with Gasteiger partial charge in [-0.25, -0.2) is 8.42 Å². The summed E-state index contributed by atoms with van der Waals surface area (Å²) < 4.78 is 74.6. The molecule has 12 heteroatoms. The van der Waals surface area contributed by atoms with Gasteiger partial charge in [0.2, 0.25) is 0 Å². The van der Waals surface area contributed by atoms with Crippen LogP contribution in [-0.4, -0.2) is 32.1 Å². The summed E-state index contributed by atoms with van der Waals surface area (Å²) >= 11 is 12.7. The highest BCUT2D eigenvalue weighted by molar-refractivity contribution is 7.92. The zero-order valence-electron chi connectivity index (χ0n) is 20.1. The van der Waals surface area contributed by atoms with Crippen molar-refractivity contribution in [2.24, 2.45) is 5.41 Å². The number of carboxylic acid groups (broad SMARTS) is 1. The predicted molar refractivity (Wildman–Crippen MR) is 138 cm³/mol. The van der Waals surface area contributed by atoms with Crippen molar-refractivity contribution in [3.8, 4) is 16.9 Å². The average Bonchev–Trinajstić information content (AvgIpc) is 2.82. The third kappa shape index (κ3) is 5.43. The molecule has 0 amide bonds. The van der Waals surface area contributed by atoms with Crippen LogP contribution in [0.15, 0.2) is 65.6 Å². The summed E-state index contributed by atoms with van der Waals surface area (Å²) in [5, 5.41) is 10.2. The zero-order valence-corrected chi connectivity index (χ0v) is 22.4. The van der Waals surface area contributed by atoms with Gasteiger partial charge in [-0.2, -0.15) is 13.2 Å². The summed E-state index contributed by atoms with van der Waals surface area (Å²) in [5.74, 6) is -0.993. The van der Waals surface area contributed by atoms with E-state index in [4.69, 9.17) is 27.9 Å². The molecule has 1 aliphatic rings. The molecule has 0 fully saturated rings. The van der Waals surface area contributed by atoms with E-state index >= 15 is 0 Å². The van der Waals surface area contributed by atoms with Gasteiger partial charge in [-0.1, -0.05) is 41.4 Å². The number of hydrogen-bond acceptors (Lipinski definition) is 4. The second-order valence-electron chi connectivity index (χ2n) is 9.47. The van der Waals surface area contributed by atoms with Crippen LogP contribution in [-0.2, 0) is 21.0 Å². The van der Waals surface area contributed by atoms with E-state index in [0.717, 1.165) is 22.5 Å². The minimum atomic E-state index is -4.75. The van der Waals surface area contributed by atoms with Gasteiger partial charge < -0.3 is 9.84 Å². The zero-order chi connectivity index (χ0) is 28.0. The van der Waals surface area contributed by atoms with E-state index in [9.17, 15) is 31.5 Å². The van der Waals surface area contributed by atoms with Gasteiger partial charge in [0.25, 0.3) is 10.0 Å². The topological polar surface area (TPSA) is 83.9 Å². The maximum absolute atomic E-state index is 13.8. The van der Waals surface area contributed by atoms with Gasteiger partial charge in [-0.3, -0.25) is 9.10 Å². The van der Waals surface area contributed by atoms with Crippen molar-refractivity contribution in [1.29, 1.82) is 0 Å². The highest BCUT2D eigenvalue weighted by Crippen LogP contribution is 2.44. The van der Waals surface area contributed by atoms with Gasteiger partial charge in [0.15, 0.2) is 0 Å². The number of ether oxygens (including phenoxy) is 1. The monoisotopic (exact) mass is 587 g/mol. The van der Waals surface area contributed by atoms with Gasteiger partial charge >= 0.3 is 12.1 Å². The molecule has 0 radical (unpaired) electrons. The van der Waals surface area contributed by atoms with Crippen molar-refractivity contribution < 1.29 is 36.2 Å². The number of nitrogens with zero attached hydrogens (tertiary/aromatic N) is 1. The Bertz CT molecular complexity index is 1490.